The molecule has 108 valence electrons. The quantitative estimate of drug-likeness (QED) is 0.783. The number of amides is 2. The zero-order chi connectivity index (χ0) is 13.8. The minimum atomic E-state index is -0.409. The number of rotatable bonds is 3. The van der Waals surface area contributed by atoms with Crippen LogP contribution in [0.15, 0.2) is 0 Å². The Morgan fingerprint density at radius 3 is 2.63 bits per heavy atom. The summed E-state index contributed by atoms with van der Waals surface area (Å²) in [5, 5.41) is 6.15. The number of carbonyl (C=O) groups excluding carboxylic acids is 2. The first-order valence-electron chi connectivity index (χ1n) is 7.41. The fraction of sp³-hybridized carbons (Fsp3) is 0.857. The molecule has 5 heteroatoms. The van der Waals surface area contributed by atoms with Gasteiger partial charge in [0.15, 0.2) is 0 Å². The van der Waals surface area contributed by atoms with Crippen molar-refractivity contribution in [3.8, 4) is 0 Å². The first-order valence-corrected chi connectivity index (χ1v) is 7.41. The van der Waals surface area contributed by atoms with Crippen molar-refractivity contribution in [2.24, 2.45) is 5.92 Å². The number of nitrogens with one attached hydrogen (secondary N) is 2. The van der Waals surface area contributed by atoms with E-state index >= 15 is 0 Å². The number of carbonyl (C=O) groups is 2. The molecule has 0 aromatic heterocycles. The van der Waals surface area contributed by atoms with Gasteiger partial charge in [-0.15, -0.1) is 0 Å². The predicted octanol–water partition coefficient (Wildman–Crippen LogP) is 0.502. The summed E-state index contributed by atoms with van der Waals surface area (Å²) >= 11 is 0. The largest absolute Gasteiger partial charge is 0.344 e. The molecule has 0 radical (unpaired) electrons. The molecule has 1 aliphatic heterocycles. The van der Waals surface area contributed by atoms with Crippen molar-refractivity contribution in [3.63, 3.8) is 0 Å². The van der Waals surface area contributed by atoms with Crippen LogP contribution in [0.1, 0.15) is 39.5 Å². The SMILES string of the molecule is CC(NC(=O)C1CCCC1)C(=O)N1CCNC[C@H]1C. The second-order valence-electron chi connectivity index (χ2n) is 5.80. The van der Waals surface area contributed by atoms with Gasteiger partial charge in [-0.3, -0.25) is 9.59 Å². The van der Waals surface area contributed by atoms with Gasteiger partial charge in [-0.05, 0) is 26.7 Å². The standard InChI is InChI=1S/C14H25N3O2/c1-10-9-15-7-8-17(10)14(19)11(2)16-13(18)12-5-3-4-6-12/h10-12,15H,3-9H2,1-2H3,(H,16,18)/t10-,11?/m1/s1. The van der Waals surface area contributed by atoms with E-state index < -0.39 is 6.04 Å². The molecule has 2 atom stereocenters. The van der Waals surface area contributed by atoms with E-state index in [1.165, 1.54) is 0 Å². The maximum atomic E-state index is 12.3. The summed E-state index contributed by atoms with van der Waals surface area (Å²) in [5.41, 5.74) is 0. The molecule has 19 heavy (non-hydrogen) atoms. The fourth-order valence-corrected chi connectivity index (χ4v) is 3.00. The summed E-state index contributed by atoms with van der Waals surface area (Å²) < 4.78 is 0. The van der Waals surface area contributed by atoms with E-state index in [-0.39, 0.29) is 23.8 Å². The molecule has 2 fully saturated rings. The third-order valence-electron chi connectivity index (χ3n) is 4.24. The van der Waals surface area contributed by atoms with Crippen molar-refractivity contribution >= 4 is 11.8 Å². The van der Waals surface area contributed by atoms with Crippen LogP contribution in [0, 0.1) is 5.92 Å². The lowest BCUT2D eigenvalue weighted by molar-refractivity contribution is -0.139. The highest BCUT2D eigenvalue weighted by Gasteiger charge is 2.30. The molecule has 1 heterocycles. The Hall–Kier alpha value is -1.10. The molecular formula is C14H25N3O2. The lowest BCUT2D eigenvalue weighted by atomic mass is 10.1. The molecule has 5 nitrogen and oxygen atoms in total. The van der Waals surface area contributed by atoms with Crippen molar-refractivity contribution < 1.29 is 9.59 Å². The van der Waals surface area contributed by atoms with Crippen molar-refractivity contribution in [2.45, 2.75) is 51.6 Å². The molecule has 0 spiro atoms. The molecule has 2 amide bonds. The molecule has 2 rings (SSSR count). The molecule has 0 bridgehead atoms. The average molecular weight is 267 g/mol. The van der Waals surface area contributed by atoms with Crippen LogP contribution in [0.4, 0.5) is 0 Å². The van der Waals surface area contributed by atoms with Crippen molar-refractivity contribution in [1.29, 1.82) is 0 Å². The maximum Gasteiger partial charge on any atom is 0.245 e. The Labute approximate surface area is 115 Å². The molecular weight excluding hydrogens is 242 g/mol. The van der Waals surface area contributed by atoms with Crippen LogP contribution in [0.25, 0.3) is 0 Å². The summed E-state index contributed by atoms with van der Waals surface area (Å²) in [6, 6.07) is -0.208. The lowest BCUT2D eigenvalue weighted by Gasteiger charge is -2.35. The van der Waals surface area contributed by atoms with Gasteiger partial charge < -0.3 is 15.5 Å². The summed E-state index contributed by atoms with van der Waals surface area (Å²) in [4.78, 5) is 26.2. The third kappa shape index (κ3) is 3.47. The normalized spacial score (nSPS) is 26.2. The number of nitrogens with zero attached hydrogens (tertiary/aromatic N) is 1. The van der Waals surface area contributed by atoms with E-state index in [1.807, 2.05) is 11.8 Å². The topological polar surface area (TPSA) is 61.4 Å². The van der Waals surface area contributed by atoms with Gasteiger partial charge in [0.2, 0.25) is 11.8 Å². The van der Waals surface area contributed by atoms with Gasteiger partial charge in [-0.1, -0.05) is 12.8 Å². The highest BCUT2D eigenvalue weighted by molar-refractivity contribution is 5.88. The molecule has 2 N–H and O–H groups in total. The Bertz CT molecular complexity index is 340. The Balaban J connectivity index is 1.85. The van der Waals surface area contributed by atoms with Crippen LogP contribution in [0.5, 0.6) is 0 Å². The Kier molecular flexibility index (Phi) is 4.80. The van der Waals surface area contributed by atoms with E-state index in [9.17, 15) is 9.59 Å². The number of hydrogen-bond acceptors (Lipinski definition) is 3. The first kappa shape index (κ1) is 14.3. The summed E-state index contributed by atoms with van der Waals surface area (Å²) in [6.07, 6.45) is 4.21. The second kappa shape index (κ2) is 6.37. The number of piperazine rings is 1. The highest BCUT2D eigenvalue weighted by Crippen LogP contribution is 2.24. The van der Waals surface area contributed by atoms with Crippen LogP contribution < -0.4 is 10.6 Å². The fourth-order valence-electron chi connectivity index (χ4n) is 3.00. The molecule has 1 saturated heterocycles. The molecule has 2 aliphatic rings. The maximum absolute atomic E-state index is 12.3. The predicted molar refractivity (Wildman–Crippen MR) is 73.6 cm³/mol. The average Bonchev–Trinajstić information content (AvgIpc) is 2.92. The van der Waals surface area contributed by atoms with Gasteiger partial charge in [0, 0.05) is 31.6 Å². The van der Waals surface area contributed by atoms with E-state index in [1.54, 1.807) is 6.92 Å². The van der Waals surface area contributed by atoms with Crippen molar-refractivity contribution in [2.75, 3.05) is 19.6 Å². The van der Waals surface area contributed by atoms with Crippen LogP contribution in [0.3, 0.4) is 0 Å². The van der Waals surface area contributed by atoms with Crippen LogP contribution in [0.2, 0.25) is 0 Å². The first-order chi connectivity index (χ1) is 9.09. The third-order valence-corrected chi connectivity index (χ3v) is 4.24. The Morgan fingerprint density at radius 1 is 1.32 bits per heavy atom. The van der Waals surface area contributed by atoms with Gasteiger partial charge >= 0.3 is 0 Å². The lowest BCUT2D eigenvalue weighted by Crippen LogP contribution is -2.57. The van der Waals surface area contributed by atoms with Crippen LogP contribution >= 0.6 is 0 Å². The van der Waals surface area contributed by atoms with Gasteiger partial charge in [-0.2, -0.15) is 0 Å². The van der Waals surface area contributed by atoms with Gasteiger partial charge in [0.1, 0.15) is 6.04 Å². The van der Waals surface area contributed by atoms with Gasteiger partial charge in [0.05, 0.1) is 0 Å². The minimum Gasteiger partial charge on any atom is -0.344 e. The molecule has 1 unspecified atom stereocenters. The summed E-state index contributed by atoms with van der Waals surface area (Å²) in [6.45, 7) is 6.22. The zero-order valence-electron chi connectivity index (χ0n) is 11.9. The minimum absolute atomic E-state index is 0.0420. The number of hydrogen-bond donors (Lipinski definition) is 2. The van der Waals surface area contributed by atoms with Crippen molar-refractivity contribution in [1.82, 2.24) is 15.5 Å². The molecule has 0 aromatic carbocycles. The molecule has 1 aliphatic carbocycles. The van der Waals surface area contributed by atoms with E-state index in [0.29, 0.717) is 0 Å². The van der Waals surface area contributed by atoms with Gasteiger partial charge in [0.25, 0.3) is 0 Å². The van der Waals surface area contributed by atoms with E-state index in [4.69, 9.17) is 0 Å². The van der Waals surface area contributed by atoms with E-state index in [2.05, 4.69) is 10.6 Å². The molecule has 1 saturated carbocycles. The summed E-state index contributed by atoms with van der Waals surface area (Å²) in [7, 11) is 0. The van der Waals surface area contributed by atoms with Crippen molar-refractivity contribution in [3.05, 3.63) is 0 Å². The zero-order valence-corrected chi connectivity index (χ0v) is 11.9. The second-order valence-corrected chi connectivity index (χ2v) is 5.80. The van der Waals surface area contributed by atoms with Crippen LogP contribution in [-0.4, -0.2) is 48.4 Å². The smallest absolute Gasteiger partial charge is 0.245 e. The Morgan fingerprint density at radius 2 is 2.00 bits per heavy atom. The van der Waals surface area contributed by atoms with Gasteiger partial charge in [-0.25, -0.2) is 0 Å². The monoisotopic (exact) mass is 267 g/mol. The summed E-state index contributed by atoms with van der Waals surface area (Å²) in [5.74, 6) is 0.220. The van der Waals surface area contributed by atoms with Crippen LogP contribution in [-0.2, 0) is 9.59 Å². The van der Waals surface area contributed by atoms with E-state index in [0.717, 1.165) is 45.3 Å². The molecule has 0 aromatic rings. The highest BCUT2D eigenvalue weighted by atomic mass is 16.2.